The van der Waals surface area contributed by atoms with Crippen molar-refractivity contribution >= 4 is 5.97 Å². The maximum Gasteiger partial charge on any atom is 0.356 e. The van der Waals surface area contributed by atoms with E-state index in [9.17, 15) is 18.7 Å². The van der Waals surface area contributed by atoms with Crippen LogP contribution in [0, 0.1) is 11.6 Å². The zero-order chi connectivity index (χ0) is 13.4. The van der Waals surface area contributed by atoms with E-state index in [4.69, 9.17) is 5.11 Å². The zero-order valence-corrected chi connectivity index (χ0v) is 9.19. The van der Waals surface area contributed by atoms with Crippen LogP contribution in [0.3, 0.4) is 0 Å². The number of halogens is 2. The van der Waals surface area contributed by atoms with E-state index in [1.54, 1.807) is 0 Å². The van der Waals surface area contributed by atoms with Gasteiger partial charge in [0, 0.05) is 7.05 Å². The van der Waals surface area contributed by atoms with Crippen LogP contribution in [0.5, 0.6) is 5.75 Å². The molecule has 0 atom stereocenters. The van der Waals surface area contributed by atoms with Crippen LogP contribution in [0.25, 0.3) is 11.3 Å². The number of phenolic OH excluding ortho intramolecular Hbond substituents is 1. The first-order valence-corrected chi connectivity index (χ1v) is 4.86. The van der Waals surface area contributed by atoms with Crippen molar-refractivity contribution in [2.75, 3.05) is 0 Å². The quantitative estimate of drug-likeness (QED) is 0.856. The second-order valence-corrected chi connectivity index (χ2v) is 3.60. The Balaban J connectivity index is 2.69. The summed E-state index contributed by atoms with van der Waals surface area (Å²) in [4.78, 5) is 10.7. The van der Waals surface area contributed by atoms with Crippen LogP contribution in [0.15, 0.2) is 18.2 Å². The maximum atomic E-state index is 13.6. The second kappa shape index (κ2) is 4.10. The van der Waals surface area contributed by atoms with E-state index < -0.39 is 28.9 Å². The van der Waals surface area contributed by atoms with Crippen LogP contribution in [0.2, 0.25) is 0 Å². The Morgan fingerprint density at radius 1 is 1.33 bits per heavy atom. The first-order chi connectivity index (χ1) is 8.41. The number of aromatic carboxylic acids is 1. The molecule has 0 saturated heterocycles. The molecule has 0 amide bonds. The molecular formula is C11H8F2N2O3. The molecule has 18 heavy (non-hydrogen) atoms. The van der Waals surface area contributed by atoms with Crippen molar-refractivity contribution in [1.29, 1.82) is 0 Å². The van der Waals surface area contributed by atoms with Crippen LogP contribution >= 0.6 is 0 Å². The van der Waals surface area contributed by atoms with Gasteiger partial charge in [0.1, 0.15) is 5.82 Å². The molecule has 0 unspecified atom stereocenters. The minimum atomic E-state index is -1.30. The molecule has 0 saturated carbocycles. The molecule has 1 heterocycles. The Morgan fingerprint density at radius 2 is 1.94 bits per heavy atom. The number of carboxylic acids is 1. The molecule has 0 bridgehead atoms. The molecule has 5 nitrogen and oxygen atoms in total. The summed E-state index contributed by atoms with van der Waals surface area (Å²) in [7, 11) is 1.37. The Kier molecular flexibility index (Phi) is 2.74. The molecule has 2 aromatic rings. The van der Waals surface area contributed by atoms with Gasteiger partial charge in [-0.1, -0.05) is 0 Å². The van der Waals surface area contributed by atoms with Gasteiger partial charge in [0.2, 0.25) is 0 Å². The Labute approximate surface area is 99.9 Å². The molecule has 7 heteroatoms. The number of carbonyl (C=O) groups is 1. The molecule has 0 fully saturated rings. The van der Waals surface area contributed by atoms with Gasteiger partial charge in [-0.25, -0.2) is 13.6 Å². The summed E-state index contributed by atoms with van der Waals surface area (Å²) in [6.07, 6.45) is 0. The fourth-order valence-electron chi connectivity index (χ4n) is 1.59. The minimum absolute atomic E-state index is 0.0260. The van der Waals surface area contributed by atoms with Gasteiger partial charge < -0.3 is 10.2 Å². The number of aromatic hydroxyl groups is 1. The number of benzene rings is 1. The van der Waals surface area contributed by atoms with Crippen LogP contribution in [-0.2, 0) is 7.05 Å². The molecule has 0 aliphatic carbocycles. The lowest BCUT2D eigenvalue weighted by atomic mass is 10.1. The molecule has 1 aromatic carbocycles. The van der Waals surface area contributed by atoms with E-state index in [1.165, 1.54) is 7.05 Å². The molecule has 94 valence electrons. The van der Waals surface area contributed by atoms with Gasteiger partial charge in [-0.15, -0.1) is 0 Å². The molecule has 0 aliphatic rings. The third-order valence-electron chi connectivity index (χ3n) is 2.43. The lowest BCUT2D eigenvalue weighted by Crippen LogP contribution is -2.00. The smallest absolute Gasteiger partial charge is 0.356 e. The van der Waals surface area contributed by atoms with Gasteiger partial charge in [-0.2, -0.15) is 5.10 Å². The molecular weight excluding hydrogens is 246 g/mol. The first-order valence-electron chi connectivity index (χ1n) is 4.86. The fourth-order valence-corrected chi connectivity index (χ4v) is 1.59. The van der Waals surface area contributed by atoms with Gasteiger partial charge >= 0.3 is 5.97 Å². The summed E-state index contributed by atoms with van der Waals surface area (Å²) in [6, 6.07) is 2.68. The highest BCUT2D eigenvalue weighted by atomic mass is 19.1. The van der Waals surface area contributed by atoms with Gasteiger partial charge in [0.05, 0.1) is 11.3 Å². The number of rotatable bonds is 2. The number of carboxylic acid groups (broad SMARTS) is 1. The van der Waals surface area contributed by atoms with E-state index >= 15 is 0 Å². The standard InChI is InChI=1S/C11H8F2N2O3/c1-15-8(4-7(14-15)11(17)18)9-5(12)2-3-6(13)10(9)16/h2-4,16H,1H3,(H,17,18). The van der Waals surface area contributed by atoms with Gasteiger partial charge in [0.15, 0.2) is 17.3 Å². The van der Waals surface area contributed by atoms with Crippen LogP contribution in [0.1, 0.15) is 10.5 Å². The van der Waals surface area contributed by atoms with Crippen molar-refractivity contribution in [2.24, 2.45) is 7.05 Å². The van der Waals surface area contributed by atoms with Crippen LogP contribution < -0.4 is 0 Å². The molecule has 0 spiro atoms. The topological polar surface area (TPSA) is 75.4 Å². The zero-order valence-electron chi connectivity index (χ0n) is 9.19. The second-order valence-electron chi connectivity index (χ2n) is 3.60. The Hall–Kier alpha value is -2.44. The number of aromatic nitrogens is 2. The summed E-state index contributed by atoms with van der Waals surface area (Å²) in [5.41, 5.74) is -0.769. The lowest BCUT2D eigenvalue weighted by molar-refractivity contribution is 0.0689. The molecule has 0 aliphatic heterocycles. The number of phenols is 1. The fraction of sp³-hybridized carbons (Fsp3) is 0.0909. The van der Waals surface area contributed by atoms with Crippen LogP contribution in [-0.4, -0.2) is 26.0 Å². The van der Waals surface area contributed by atoms with Gasteiger partial charge in [-0.3, -0.25) is 4.68 Å². The van der Waals surface area contributed by atoms with Crippen molar-refractivity contribution in [3.63, 3.8) is 0 Å². The number of aryl methyl sites for hydroxylation is 1. The average molecular weight is 254 g/mol. The maximum absolute atomic E-state index is 13.6. The highest BCUT2D eigenvalue weighted by Gasteiger charge is 2.20. The van der Waals surface area contributed by atoms with Crippen molar-refractivity contribution < 1.29 is 23.8 Å². The largest absolute Gasteiger partial charge is 0.504 e. The number of hydrogen-bond donors (Lipinski definition) is 2. The summed E-state index contributed by atoms with van der Waals surface area (Å²) in [5, 5.41) is 21.9. The van der Waals surface area contributed by atoms with E-state index in [1.807, 2.05) is 0 Å². The normalized spacial score (nSPS) is 10.6. The summed E-state index contributed by atoms with van der Waals surface area (Å²) < 4.78 is 27.8. The third-order valence-corrected chi connectivity index (χ3v) is 2.43. The molecule has 2 rings (SSSR count). The van der Waals surface area contributed by atoms with E-state index in [0.717, 1.165) is 22.9 Å². The third kappa shape index (κ3) is 1.79. The molecule has 2 N–H and O–H groups in total. The Bertz CT molecular complexity index is 637. The lowest BCUT2D eigenvalue weighted by Gasteiger charge is -2.06. The monoisotopic (exact) mass is 254 g/mol. The highest BCUT2D eigenvalue weighted by molar-refractivity contribution is 5.87. The molecule has 0 radical (unpaired) electrons. The SMILES string of the molecule is Cn1nc(C(=O)O)cc1-c1c(F)ccc(F)c1O. The summed E-state index contributed by atoms with van der Waals surface area (Å²) >= 11 is 0. The Morgan fingerprint density at radius 3 is 2.50 bits per heavy atom. The van der Waals surface area contributed by atoms with Crippen LogP contribution in [0.4, 0.5) is 8.78 Å². The average Bonchev–Trinajstić information content (AvgIpc) is 2.67. The molecule has 1 aromatic heterocycles. The summed E-state index contributed by atoms with van der Waals surface area (Å²) in [6.45, 7) is 0. The predicted molar refractivity (Wildman–Crippen MR) is 57.2 cm³/mol. The minimum Gasteiger partial charge on any atom is -0.504 e. The predicted octanol–water partition coefficient (Wildman–Crippen LogP) is 1.77. The number of nitrogens with zero attached hydrogens (tertiary/aromatic N) is 2. The first kappa shape index (κ1) is 12.0. The van der Waals surface area contributed by atoms with Crippen molar-refractivity contribution in [1.82, 2.24) is 9.78 Å². The van der Waals surface area contributed by atoms with Gasteiger partial charge in [0.25, 0.3) is 0 Å². The number of hydrogen-bond acceptors (Lipinski definition) is 3. The van der Waals surface area contributed by atoms with Crippen molar-refractivity contribution in [2.45, 2.75) is 0 Å². The van der Waals surface area contributed by atoms with E-state index in [2.05, 4.69) is 5.10 Å². The highest BCUT2D eigenvalue weighted by Crippen LogP contribution is 2.33. The van der Waals surface area contributed by atoms with Gasteiger partial charge in [-0.05, 0) is 18.2 Å². The van der Waals surface area contributed by atoms with Crippen molar-refractivity contribution in [3.05, 3.63) is 35.5 Å². The van der Waals surface area contributed by atoms with E-state index in [-0.39, 0.29) is 11.4 Å². The van der Waals surface area contributed by atoms with E-state index in [0.29, 0.717) is 0 Å². The van der Waals surface area contributed by atoms with Crippen molar-refractivity contribution in [3.8, 4) is 17.0 Å². The summed E-state index contributed by atoms with van der Waals surface area (Å²) in [5.74, 6) is -4.04.